The van der Waals surface area contributed by atoms with E-state index in [4.69, 9.17) is 21.3 Å². The van der Waals surface area contributed by atoms with Crippen LogP contribution in [0.3, 0.4) is 0 Å². The number of rotatable bonds is 4. The molecule has 1 aromatic heterocycles. The molecular weight excluding hydrogens is 272 g/mol. The molecule has 1 aromatic rings. The van der Waals surface area contributed by atoms with Gasteiger partial charge in [-0.2, -0.15) is 0 Å². The van der Waals surface area contributed by atoms with E-state index in [-0.39, 0.29) is 11.4 Å². The monoisotopic (exact) mass is 286 g/mol. The fourth-order valence-electron chi connectivity index (χ4n) is 2.09. The maximum absolute atomic E-state index is 11.4. The molecule has 0 saturated carbocycles. The first kappa shape index (κ1) is 14.4. The zero-order valence-electron chi connectivity index (χ0n) is 10.2. The highest BCUT2D eigenvalue weighted by Crippen LogP contribution is 2.30. The van der Waals surface area contributed by atoms with Crippen LogP contribution in [0.5, 0.6) is 0 Å². The van der Waals surface area contributed by atoms with Gasteiger partial charge in [0.2, 0.25) is 0 Å². The second kappa shape index (κ2) is 5.17. The Hall–Kier alpha value is -2.01. The van der Waals surface area contributed by atoms with E-state index >= 15 is 0 Å². The van der Waals surface area contributed by atoms with Gasteiger partial charge in [0.25, 0.3) is 11.8 Å². The van der Waals surface area contributed by atoms with E-state index in [0.29, 0.717) is 0 Å². The lowest BCUT2D eigenvalue weighted by Gasteiger charge is -2.17. The molecule has 0 unspecified atom stereocenters. The van der Waals surface area contributed by atoms with E-state index in [9.17, 15) is 19.8 Å². The Morgan fingerprint density at radius 2 is 1.95 bits per heavy atom. The number of amides is 2. The molecule has 2 amide bonds. The summed E-state index contributed by atoms with van der Waals surface area (Å²) < 4.78 is 6.22. The first-order valence-electron chi connectivity index (χ1n) is 5.67. The Morgan fingerprint density at radius 3 is 2.40 bits per heavy atom. The average molecular weight is 286 g/mol. The van der Waals surface area contributed by atoms with E-state index in [1.54, 1.807) is 0 Å². The van der Waals surface area contributed by atoms with Crippen molar-refractivity contribution >= 4 is 11.8 Å². The van der Waals surface area contributed by atoms with Crippen molar-refractivity contribution in [2.75, 3.05) is 6.61 Å². The second-order valence-corrected chi connectivity index (χ2v) is 4.31. The number of aromatic nitrogens is 2. The molecule has 20 heavy (non-hydrogen) atoms. The SMILES string of the molecule is NC(=O)c1ncn([C@H]2O[C@@H](CO)[C@@H](O)[C@H]2O)c1C(N)=O. The van der Waals surface area contributed by atoms with Crippen molar-refractivity contribution in [3.63, 3.8) is 0 Å². The highest BCUT2D eigenvalue weighted by Gasteiger charge is 2.44. The highest BCUT2D eigenvalue weighted by atomic mass is 16.6. The average Bonchev–Trinajstić information content (AvgIpc) is 2.93. The lowest BCUT2D eigenvalue weighted by molar-refractivity contribution is -0.0534. The molecule has 2 heterocycles. The van der Waals surface area contributed by atoms with Gasteiger partial charge in [0.05, 0.1) is 12.9 Å². The highest BCUT2D eigenvalue weighted by molar-refractivity contribution is 6.03. The molecule has 0 radical (unpaired) electrons. The number of primary amides is 2. The molecule has 1 aliphatic heterocycles. The minimum absolute atomic E-state index is 0.340. The fraction of sp³-hybridized carbons (Fsp3) is 0.500. The van der Waals surface area contributed by atoms with Crippen molar-refractivity contribution in [1.82, 2.24) is 9.55 Å². The van der Waals surface area contributed by atoms with Crippen LogP contribution >= 0.6 is 0 Å². The number of nitrogens with two attached hydrogens (primary N) is 2. The van der Waals surface area contributed by atoms with Gasteiger partial charge in [0.1, 0.15) is 24.0 Å². The van der Waals surface area contributed by atoms with E-state index in [1.165, 1.54) is 0 Å². The summed E-state index contributed by atoms with van der Waals surface area (Å²) in [5.41, 5.74) is 9.51. The van der Waals surface area contributed by atoms with Crippen molar-refractivity contribution in [3.8, 4) is 0 Å². The second-order valence-electron chi connectivity index (χ2n) is 4.31. The fourth-order valence-corrected chi connectivity index (χ4v) is 2.09. The number of aliphatic hydroxyl groups is 3. The first-order chi connectivity index (χ1) is 9.38. The number of nitrogens with zero attached hydrogens (tertiary/aromatic N) is 2. The molecule has 1 saturated heterocycles. The summed E-state index contributed by atoms with van der Waals surface area (Å²) in [4.78, 5) is 26.2. The quantitative estimate of drug-likeness (QED) is 0.385. The van der Waals surface area contributed by atoms with Crippen LogP contribution in [0.15, 0.2) is 6.33 Å². The number of aliphatic hydroxyl groups excluding tert-OH is 3. The van der Waals surface area contributed by atoms with Crippen LogP contribution in [0.2, 0.25) is 0 Å². The largest absolute Gasteiger partial charge is 0.394 e. The van der Waals surface area contributed by atoms with E-state index in [1.807, 2.05) is 0 Å². The first-order valence-corrected chi connectivity index (χ1v) is 5.67. The van der Waals surface area contributed by atoms with Gasteiger partial charge in [0.15, 0.2) is 11.9 Å². The summed E-state index contributed by atoms with van der Waals surface area (Å²) in [5, 5.41) is 28.5. The Morgan fingerprint density at radius 1 is 1.30 bits per heavy atom. The molecular formula is C10H14N4O6. The lowest BCUT2D eigenvalue weighted by Crippen LogP contribution is -2.34. The van der Waals surface area contributed by atoms with Gasteiger partial charge in [-0.25, -0.2) is 4.98 Å². The van der Waals surface area contributed by atoms with Gasteiger partial charge in [-0.05, 0) is 0 Å². The van der Waals surface area contributed by atoms with E-state index in [0.717, 1.165) is 10.9 Å². The normalized spacial score (nSPS) is 29.6. The third-order valence-corrected chi connectivity index (χ3v) is 3.05. The molecule has 1 fully saturated rings. The van der Waals surface area contributed by atoms with E-state index in [2.05, 4.69) is 4.98 Å². The Kier molecular flexibility index (Phi) is 3.72. The van der Waals surface area contributed by atoms with Crippen molar-refractivity contribution < 1.29 is 29.6 Å². The van der Waals surface area contributed by atoms with Crippen LogP contribution in [0.1, 0.15) is 27.2 Å². The molecule has 7 N–H and O–H groups in total. The van der Waals surface area contributed by atoms with Crippen LogP contribution in [-0.2, 0) is 4.74 Å². The summed E-state index contributed by atoms with van der Waals surface area (Å²) in [6.07, 6.45) is -3.99. The van der Waals surface area contributed by atoms with Gasteiger partial charge in [-0.15, -0.1) is 0 Å². The predicted octanol–water partition coefficient (Wildman–Crippen LogP) is -3.31. The lowest BCUT2D eigenvalue weighted by atomic mass is 10.1. The van der Waals surface area contributed by atoms with Crippen LogP contribution in [0.25, 0.3) is 0 Å². The van der Waals surface area contributed by atoms with Gasteiger partial charge in [-0.3, -0.25) is 14.2 Å². The zero-order valence-corrected chi connectivity index (χ0v) is 10.2. The van der Waals surface area contributed by atoms with Gasteiger partial charge in [0, 0.05) is 0 Å². The molecule has 2 rings (SSSR count). The van der Waals surface area contributed by atoms with Crippen LogP contribution in [0, 0.1) is 0 Å². The molecule has 0 aromatic carbocycles. The molecule has 10 nitrogen and oxygen atoms in total. The Balaban J connectivity index is 2.44. The number of hydrogen-bond acceptors (Lipinski definition) is 7. The maximum Gasteiger partial charge on any atom is 0.269 e. The summed E-state index contributed by atoms with van der Waals surface area (Å²) >= 11 is 0. The van der Waals surface area contributed by atoms with Gasteiger partial charge >= 0.3 is 0 Å². The topological polar surface area (TPSA) is 174 Å². The van der Waals surface area contributed by atoms with Gasteiger partial charge in [-0.1, -0.05) is 0 Å². The van der Waals surface area contributed by atoms with Crippen LogP contribution in [0.4, 0.5) is 0 Å². The van der Waals surface area contributed by atoms with Crippen molar-refractivity contribution in [2.45, 2.75) is 24.5 Å². The summed E-state index contributed by atoms with van der Waals surface area (Å²) in [6.45, 7) is -0.530. The molecule has 0 spiro atoms. The van der Waals surface area contributed by atoms with Crippen LogP contribution < -0.4 is 11.5 Å². The van der Waals surface area contributed by atoms with Crippen molar-refractivity contribution in [2.24, 2.45) is 11.5 Å². The number of ether oxygens (including phenoxy) is 1. The Bertz CT molecular complexity index is 544. The number of imidazole rings is 1. The van der Waals surface area contributed by atoms with Gasteiger partial charge < -0.3 is 31.5 Å². The summed E-state index contributed by atoms with van der Waals surface area (Å²) in [6, 6.07) is 0. The van der Waals surface area contributed by atoms with E-state index < -0.39 is 43.0 Å². The minimum Gasteiger partial charge on any atom is -0.394 e. The maximum atomic E-state index is 11.4. The molecule has 4 atom stereocenters. The third kappa shape index (κ3) is 2.14. The van der Waals surface area contributed by atoms with Crippen molar-refractivity contribution in [1.29, 1.82) is 0 Å². The number of carbonyl (C=O) groups is 2. The molecule has 10 heteroatoms. The minimum atomic E-state index is -1.43. The Labute approximate surface area is 112 Å². The number of hydrogen-bond donors (Lipinski definition) is 5. The third-order valence-electron chi connectivity index (χ3n) is 3.05. The van der Waals surface area contributed by atoms with Crippen molar-refractivity contribution in [3.05, 3.63) is 17.7 Å². The van der Waals surface area contributed by atoms with Crippen LogP contribution in [-0.4, -0.2) is 61.6 Å². The molecule has 0 bridgehead atoms. The smallest absolute Gasteiger partial charge is 0.269 e. The summed E-state index contributed by atoms with van der Waals surface area (Å²) in [7, 11) is 0. The predicted molar refractivity (Wildman–Crippen MR) is 62.3 cm³/mol. The molecule has 1 aliphatic rings. The zero-order chi connectivity index (χ0) is 15.0. The molecule has 110 valence electrons. The number of carbonyl (C=O) groups excluding carboxylic acids is 2. The summed E-state index contributed by atoms with van der Waals surface area (Å²) in [5.74, 6) is -1.96. The molecule has 0 aliphatic carbocycles. The standard InChI is InChI=1S/C10H14N4O6/c11-8(18)4-5(9(12)19)14(2-13-4)10-7(17)6(16)3(1-15)20-10/h2-3,6-7,10,15-17H,1H2,(H2,11,18)(H2,12,19)/t3-,6+,7+,10-/m0/s1.